The molecule has 0 bridgehead atoms. The van der Waals surface area contributed by atoms with Crippen molar-refractivity contribution in [3.63, 3.8) is 0 Å². The third-order valence-corrected chi connectivity index (χ3v) is 4.38. The van der Waals surface area contributed by atoms with Gasteiger partial charge >= 0.3 is 0 Å². The first-order chi connectivity index (χ1) is 9.19. The number of thioether (sulfide) groups is 1. The predicted molar refractivity (Wildman–Crippen MR) is 85.2 cm³/mol. The third-order valence-electron chi connectivity index (χ3n) is 3.04. The van der Waals surface area contributed by atoms with E-state index in [1.165, 1.54) is 16.0 Å². The van der Waals surface area contributed by atoms with Gasteiger partial charge in [-0.05, 0) is 43.8 Å². The summed E-state index contributed by atoms with van der Waals surface area (Å²) in [5, 5.41) is 4.14. The Morgan fingerprint density at radius 2 is 1.89 bits per heavy atom. The van der Waals surface area contributed by atoms with Gasteiger partial charge in [-0.2, -0.15) is 0 Å². The van der Waals surface area contributed by atoms with Gasteiger partial charge in [0.15, 0.2) is 0 Å². The van der Waals surface area contributed by atoms with Crippen molar-refractivity contribution in [1.82, 2.24) is 5.32 Å². The highest BCUT2D eigenvalue weighted by Gasteiger charge is 2.10. The highest BCUT2D eigenvalue weighted by Crippen LogP contribution is 2.26. The van der Waals surface area contributed by atoms with Gasteiger partial charge in [0.05, 0.1) is 0 Å². The van der Waals surface area contributed by atoms with Gasteiger partial charge in [0.2, 0.25) is 0 Å². The van der Waals surface area contributed by atoms with Crippen LogP contribution in [-0.4, -0.2) is 12.8 Å². The molecule has 1 atom stereocenters. The van der Waals surface area contributed by atoms with Crippen molar-refractivity contribution >= 4 is 23.4 Å². The minimum atomic E-state index is 0.310. The van der Waals surface area contributed by atoms with Crippen molar-refractivity contribution in [2.75, 3.05) is 12.8 Å². The van der Waals surface area contributed by atoms with Crippen LogP contribution in [-0.2, 0) is 0 Å². The van der Waals surface area contributed by atoms with Gasteiger partial charge in [-0.3, -0.25) is 0 Å². The smallest absolute Gasteiger partial charge is 0.0413 e. The Labute approximate surface area is 124 Å². The monoisotopic (exact) mass is 291 g/mol. The fourth-order valence-corrected chi connectivity index (χ4v) is 3.13. The molecule has 100 valence electrons. The Hall–Kier alpha value is -0.960. The van der Waals surface area contributed by atoms with Gasteiger partial charge in [-0.1, -0.05) is 41.4 Å². The highest BCUT2D eigenvalue weighted by molar-refractivity contribution is 7.99. The molecule has 0 aliphatic heterocycles. The molecule has 3 heteroatoms. The van der Waals surface area contributed by atoms with Crippen LogP contribution in [0.15, 0.2) is 53.4 Å². The van der Waals surface area contributed by atoms with E-state index in [2.05, 4.69) is 42.6 Å². The number of halogens is 1. The lowest BCUT2D eigenvalue weighted by atomic mass is 10.1. The van der Waals surface area contributed by atoms with Crippen LogP contribution in [0.1, 0.15) is 17.2 Å². The molecule has 0 spiro atoms. The fraction of sp³-hybridized carbons (Fsp3) is 0.250. The van der Waals surface area contributed by atoms with Crippen molar-refractivity contribution in [2.24, 2.45) is 0 Å². The van der Waals surface area contributed by atoms with E-state index in [0.29, 0.717) is 6.04 Å². The Morgan fingerprint density at radius 3 is 2.53 bits per heavy atom. The maximum absolute atomic E-state index is 6.05. The standard InChI is InChI=1S/C16H18ClNS/c1-12-6-8-15(9-7-12)19-11-16(18-2)13-4-3-5-14(17)10-13/h3-10,16,18H,11H2,1-2H3. The zero-order valence-electron chi connectivity index (χ0n) is 11.2. The number of hydrogen-bond acceptors (Lipinski definition) is 2. The van der Waals surface area contributed by atoms with Gasteiger partial charge in [-0.15, -0.1) is 11.8 Å². The summed E-state index contributed by atoms with van der Waals surface area (Å²) in [6.45, 7) is 2.11. The van der Waals surface area contributed by atoms with E-state index >= 15 is 0 Å². The first kappa shape index (κ1) is 14.4. The largest absolute Gasteiger partial charge is 0.312 e. The topological polar surface area (TPSA) is 12.0 Å². The Morgan fingerprint density at radius 1 is 1.16 bits per heavy atom. The van der Waals surface area contributed by atoms with Crippen LogP contribution < -0.4 is 5.32 Å². The summed E-state index contributed by atoms with van der Waals surface area (Å²) >= 11 is 7.90. The number of nitrogens with one attached hydrogen (secondary N) is 1. The SMILES string of the molecule is CNC(CSc1ccc(C)cc1)c1cccc(Cl)c1. The molecule has 2 aromatic rings. The summed E-state index contributed by atoms with van der Waals surface area (Å²) in [6.07, 6.45) is 0. The third kappa shape index (κ3) is 4.27. The lowest BCUT2D eigenvalue weighted by Gasteiger charge is -2.16. The molecule has 1 N–H and O–H groups in total. The predicted octanol–water partition coefficient (Wildman–Crippen LogP) is 4.70. The number of benzene rings is 2. The minimum absolute atomic E-state index is 0.310. The summed E-state index contributed by atoms with van der Waals surface area (Å²) in [4.78, 5) is 1.30. The van der Waals surface area contributed by atoms with E-state index in [4.69, 9.17) is 11.6 Å². The molecule has 1 nitrogen and oxygen atoms in total. The summed E-state index contributed by atoms with van der Waals surface area (Å²) in [5.41, 5.74) is 2.53. The lowest BCUT2D eigenvalue weighted by molar-refractivity contribution is 0.662. The summed E-state index contributed by atoms with van der Waals surface area (Å²) in [7, 11) is 1.99. The molecular formula is C16H18ClNS. The molecule has 0 radical (unpaired) electrons. The zero-order valence-corrected chi connectivity index (χ0v) is 12.8. The van der Waals surface area contributed by atoms with Crippen LogP contribution in [0, 0.1) is 6.92 Å². The molecule has 0 amide bonds. The van der Waals surface area contributed by atoms with E-state index in [0.717, 1.165) is 10.8 Å². The van der Waals surface area contributed by atoms with Gasteiger partial charge < -0.3 is 5.32 Å². The first-order valence-electron chi connectivity index (χ1n) is 6.31. The normalized spacial score (nSPS) is 12.4. The number of aryl methyl sites for hydroxylation is 1. The molecule has 0 aromatic heterocycles. The molecule has 0 heterocycles. The minimum Gasteiger partial charge on any atom is -0.312 e. The molecule has 19 heavy (non-hydrogen) atoms. The van der Waals surface area contributed by atoms with Gasteiger partial charge in [0, 0.05) is 21.7 Å². The molecule has 0 saturated heterocycles. The summed E-state index contributed by atoms with van der Waals surface area (Å²) in [6, 6.07) is 17.0. The average Bonchev–Trinajstić information content (AvgIpc) is 2.42. The Bertz CT molecular complexity index is 525. The van der Waals surface area contributed by atoms with Gasteiger partial charge in [0.25, 0.3) is 0 Å². The second-order valence-electron chi connectivity index (χ2n) is 4.52. The first-order valence-corrected chi connectivity index (χ1v) is 7.67. The van der Waals surface area contributed by atoms with Crippen molar-refractivity contribution in [3.8, 4) is 0 Å². The maximum Gasteiger partial charge on any atom is 0.0413 e. The van der Waals surface area contributed by atoms with E-state index in [9.17, 15) is 0 Å². The Balaban J connectivity index is 2.01. The van der Waals surface area contributed by atoms with E-state index in [-0.39, 0.29) is 0 Å². The van der Waals surface area contributed by atoms with Gasteiger partial charge in [-0.25, -0.2) is 0 Å². The van der Waals surface area contributed by atoms with Crippen molar-refractivity contribution in [3.05, 3.63) is 64.7 Å². The molecule has 0 saturated carbocycles. The van der Waals surface area contributed by atoms with E-state index in [1.54, 1.807) is 0 Å². The van der Waals surface area contributed by atoms with Crippen LogP contribution >= 0.6 is 23.4 Å². The second kappa shape index (κ2) is 6.99. The van der Waals surface area contributed by atoms with Crippen LogP contribution in [0.3, 0.4) is 0 Å². The number of hydrogen-bond donors (Lipinski definition) is 1. The molecular weight excluding hydrogens is 274 g/mol. The van der Waals surface area contributed by atoms with Crippen LogP contribution in [0.2, 0.25) is 5.02 Å². The lowest BCUT2D eigenvalue weighted by Crippen LogP contribution is -2.18. The molecule has 2 rings (SSSR count). The van der Waals surface area contributed by atoms with Crippen LogP contribution in [0.5, 0.6) is 0 Å². The molecule has 0 fully saturated rings. The second-order valence-corrected chi connectivity index (χ2v) is 6.05. The van der Waals surface area contributed by atoms with Crippen LogP contribution in [0.4, 0.5) is 0 Å². The van der Waals surface area contributed by atoms with Crippen LogP contribution in [0.25, 0.3) is 0 Å². The molecule has 0 aliphatic rings. The maximum atomic E-state index is 6.05. The summed E-state index contributed by atoms with van der Waals surface area (Å²) in [5.74, 6) is 0.986. The number of rotatable bonds is 5. The highest BCUT2D eigenvalue weighted by atomic mass is 35.5. The molecule has 2 aromatic carbocycles. The van der Waals surface area contributed by atoms with E-state index in [1.807, 2.05) is 37.0 Å². The molecule has 0 aliphatic carbocycles. The molecule has 1 unspecified atom stereocenters. The zero-order chi connectivity index (χ0) is 13.7. The average molecular weight is 292 g/mol. The van der Waals surface area contributed by atoms with Gasteiger partial charge in [0.1, 0.15) is 0 Å². The van der Waals surface area contributed by atoms with Crippen molar-refractivity contribution in [2.45, 2.75) is 17.9 Å². The fourth-order valence-electron chi connectivity index (χ4n) is 1.88. The summed E-state index contributed by atoms with van der Waals surface area (Å²) < 4.78 is 0. The van der Waals surface area contributed by atoms with Crippen molar-refractivity contribution in [1.29, 1.82) is 0 Å². The van der Waals surface area contributed by atoms with E-state index < -0.39 is 0 Å². The van der Waals surface area contributed by atoms with Crippen molar-refractivity contribution < 1.29 is 0 Å². The quantitative estimate of drug-likeness (QED) is 0.801. The Kier molecular flexibility index (Phi) is 5.32.